The lowest BCUT2D eigenvalue weighted by atomic mass is 10.1. The third-order valence-electron chi connectivity index (χ3n) is 3.93. The average Bonchev–Trinajstić information content (AvgIpc) is 2.93. The van der Waals surface area contributed by atoms with Gasteiger partial charge in [0.2, 0.25) is 0 Å². The molecule has 5 heteroatoms. The predicted octanol–water partition coefficient (Wildman–Crippen LogP) is 3.93. The van der Waals surface area contributed by atoms with Crippen LogP contribution in [0, 0.1) is 25.2 Å². The molecule has 2 rings (SSSR count). The zero-order valence-corrected chi connectivity index (χ0v) is 14.2. The standard InChI is InChI=1S/C18H24N4O/c1-4-5-6-7-11-22-17(16(12-19)20-21-22)13-23-18-14(2)9-8-10-15(18)3/h8-10H,4-7,11,13H2,1-3H3. The lowest BCUT2D eigenvalue weighted by molar-refractivity contribution is 0.286. The summed E-state index contributed by atoms with van der Waals surface area (Å²) in [7, 11) is 0. The molecule has 23 heavy (non-hydrogen) atoms. The molecule has 0 spiro atoms. The molecule has 122 valence electrons. The summed E-state index contributed by atoms with van der Waals surface area (Å²) in [6, 6.07) is 8.16. The van der Waals surface area contributed by atoms with Crippen LogP contribution in [0.2, 0.25) is 0 Å². The maximum absolute atomic E-state index is 9.23. The molecule has 0 saturated heterocycles. The van der Waals surface area contributed by atoms with E-state index in [4.69, 9.17) is 4.74 Å². The van der Waals surface area contributed by atoms with Crippen molar-refractivity contribution in [2.45, 2.75) is 59.6 Å². The minimum absolute atomic E-state index is 0.315. The first-order chi connectivity index (χ1) is 11.2. The van der Waals surface area contributed by atoms with E-state index in [1.165, 1.54) is 12.8 Å². The number of para-hydroxylation sites is 1. The lowest BCUT2D eigenvalue weighted by Crippen LogP contribution is -2.10. The highest BCUT2D eigenvalue weighted by atomic mass is 16.5. The number of benzene rings is 1. The van der Waals surface area contributed by atoms with Crippen LogP contribution < -0.4 is 4.74 Å². The van der Waals surface area contributed by atoms with Crippen LogP contribution in [0.15, 0.2) is 18.2 Å². The molecule has 0 saturated carbocycles. The quantitative estimate of drug-likeness (QED) is 0.693. The van der Waals surface area contributed by atoms with E-state index in [1.54, 1.807) is 0 Å². The van der Waals surface area contributed by atoms with Crippen molar-refractivity contribution in [1.82, 2.24) is 15.0 Å². The van der Waals surface area contributed by atoms with Crippen molar-refractivity contribution < 1.29 is 4.74 Å². The van der Waals surface area contributed by atoms with Gasteiger partial charge in [-0.05, 0) is 31.4 Å². The minimum atomic E-state index is 0.315. The Hall–Kier alpha value is -2.35. The van der Waals surface area contributed by atoms with Crippen molar-refractivity contribution in [2.75, 3.05) is 0 Å². The summed E-state index contributed by atoms with van der Waals surface area (Å²) in [5.74, 6) is 0.870. The smallest absolute Gasteiger partial charge is 0.189 e. The molecular formula is C18H24N4O. The van der Waals surface area contributed by atoms with Crippen molar-refractivity contribution in [1.29, 1.82) is 5.26 Å². The Bertz CT molecular complexity index is 665. The van der Waals surface area contributed by atoms with Crippen molar-refractivity contribution in [3.63, 3.8) is 0 Å². The van der Waals surface area contributed by atoms with E-state index in [0.29, 0.717) is 12.3 Å². The van der Waals surface area contributed by atoms with Gasteiger partial charge in [0.05, 0.1) is 0 Å². The highest BCUT2D eigenvalue weighted by Gasteiger charge is 2.14. The number of nitrogens with zero attached hydrogens (tertiary/aromatic N) is 4. The third-order valence-corrected chi connectivity index (χ3v) is 3.93. The number of unbranched alkanes of at least 4 members (excludes halogenated alkanes) is 3. The normalized spacial score (nSPS) is 10.5. The van der Waals surface area contributed by atoms with Gasteiger partial charge >= 0.3 is 0 Å². The maximum Gasteiger partial charge on any atom is 0.189 e. The van der Waals surface area contributed by atoms with Crippen LogP contribution in [0.4, 0.5) is 0 Å². The van der Waals surface area contributed by atoms with Gasteiger partial charge in [-0.1, -0.05) is 49.6 Å². The van der Waals surface area contributed by atoms with Crippen LogP contribution >= 0.6 is 0 Å². The second-order valence-corrected chi connectivity index (χ2v) is 5.79. The fraction of sp³-hybridized carbons (Fsp3) is 0.500. The number of hydrogen-bond acceptors (Lipinski definition) is 4. The molecule has 2 aromatic rings. The fourth-order valence-electron chi connectivity index (χ4n) is 2.60. The third kappa shape index (κ3) is 4.32. The van der Waals surface area contributed by atoms with Gasteiger partial charge in [0.1, 0.15) is 24.1 Å². The Morgan fingerprint density at radius 2 is 1.91 bits per heavy atom. The van der Waals surface area contributed by atoms with Crippen LogP contribution in [-0.2, 0) is 13.2 Å². The molecule has 0 fully saturated rings. The second kappa shape index (κ2) is 8.33. The van der Waals surface area contributed by atoms with Crippen LogP contribution in [0.3, 0.4) is 0 Å². The molecule has 0 aliphatic heterocycles. The van der Waals surface area contributed by atoms with E-state index in [2.05, 4.69) is 23.3 Å². The molecule has 1 heterocycles. The Kier molecular flexibility index (Phi) is 6.16. The number of ether oxygens (including phenoxy) is 1. The molecular weight excluding hydrogens is 288 g/mol. The van der Waals surface area contributed by atoms with E-state index in [-0.39, 0.29) is 0 Å². The van der Waals surface area contributed by atoms with Gasteiger partial charge in [-0.3, -0.25) is 0 Å². The van der Waals surface area contributed by atoms with E-state index in [1.807, 2.05) is 36.7 Å². The van der Waals surface area contributed by atoms with Crippen molar-refractivity contribution in [3.8, 4) is 11.8 Å². The topological polar surface area (TPSA) is 63.7 Å². The summed E-state index contributed by atoms with van der Waals surface area (Å²) in [6.07, 6.45) is 4.62. The Morgan fingerprint density at radius 3 is 2.57 bits per heavy atom. The van der Waals surface area contributed by atoms with Crippen molar-refractivity contribution in [2.24, 2.45) is 0 Å². The Labute approximate surface area is 137 Å². The molecule has 0 bridgehead atoms. The summed E-state index contributed by atoms with van der Waals surface area (Å²) >= 11 is 0. The summed E-state index contributed by atoms with van der Waals surface area (Å²) in [5, 5.41) is 17.3. The first kappa shape index (κ1) is 17.0. The van der Waals surface area contributed by atoms with Gasteiger partial charge in [0, 0.05) is 6.54 Å². The molecule has 0 aliphatic rings. The monoisotopic (exact) mass is 312 g/mol. The van der Waals surface area contributed by atoms with Gasteiger partial charge in [0.25, 0.3) is 0 Å². The van der Waals surface area contributed by atoms with E-state index in [0.717, 1.165) is 42.0 Å². The highest BCUT2D eigenvalue weighted by molar-refractivity contribution is 5.40. The van der Waals surface area contributed by atoms with Crippen molar-refractivity contribution in [3.05, 3.63) is 40.7 Å². The van der Waals surface area contributed by atoms with Crippen molar-refractivity contribution >= 4 is 0 Å². The van der Waals surface area contributed by atoms with Gasteiger partial charge in [-0.15, -0.1) is 5.10 Å². The minimum Gasteiger partial charge on any atom is -0.487 e. The van der Waals surface area contributed by atoms with E-state index < -0.39 is 0 Å². The first-order valence-corrected chi connectivity index (χ1v) is 8.18. The maximum atomic E-state index is 9.23. The SMILES string of the molecule is CCCCCCn1nnc(C#N)c1COc1c(C)cccc1C. The summed E-state index contributed by atoms with van der Waals surface area (Å²) in [5.41, 5.74) is 3.29. The predicted molar refractivity (Wildman–Crippen MR) is 89.1 cm³/mol. The van der Waals surface area contributed by atoms with Crippen LogP contribution in [0.1, 0.15) is 55.1 Å². The molecule has 0 radical (unpaired) electrons. The van der Waals surface area contributed by atoms with Gasteiger partial charge in [-0.25, -0.2) is 4.68 Å². The van der Waals surface area contributed by atoms with Crippen LogP contribution in [-0.4, -0.2) is 15.0 Å². The number of nitriles is 1. The van der Waals surface area contributed by atoms with Crippen LogP contribution in [0.5, 0.6) is 5.75 Å². The molecule has 1 aromatic heterocycles. The molecule has 0 atom stereocenters. The van der Waals surface area contributed by atoms with Gasteiger partial charge in [0.15, 0.2) is 5.69 Å². The highest BCUT2D eigenvalue weighted by Crippen LogP contribution is 2.23. The Balaban J connectivity index is 2.09. The molecule has 1 aromatic carbocycles. The average molecular weight is 312 g/mol. The van der Waals surface area contributed by atoms with E-state index in [9.17, 15) is 5.26 Å². The zero-order chi connectivity index (χ0) is 16.7. The second-order valence-electron chi connectivity index (χ2n) is 5.79. The summed E-state index contributed by atoms with van der Waals surface area (Å²) in [6.45, 7) is 7.32. The van der Waals surface area contributed by atoms with Gasteiger partial charge in [-0.2, -0.15) is 5.26 Å². The molecule has 0 unspecified atom stereocenters. The number of aromatic nitrogens is 3. The van der Waals surface area contributed by atoms with Gasteiger partial charge < -0.3 is 4.74 Å². The first-order valence-electron chi connectivity index (χ1n) is 8.18. The zero-order valence-electron chi connectivity index (χ0n) is 14.2. The number of rotatable bonds is 8. The molecule has 0 N–H and O–H groups in total. The fourth-order valence-corrected chi connectivity index (χ4v) is 2.60. The summed E-state index contributed by atoms with van der Waals surface area (Å²) < 4.78 is 7.78. The Morgan fingerprint density at radius 1 is 1.17 bits per heavy atom. The lowest BCUT2D eigenvalue weighted by Gasteiger charge is -2.12. The largest absolute Gasteiger partial charge is 0.487 e. The summed E-state index contributed by atoms with van der Waals surface area (Å²) in [4.78, 5) is 0. The number of hydrogen-bond donors (Lipinski definition) is 0. The van der Waals surface area contributed by atoms with E-state index >= 15 is 0 Å². The molecule has 0 amide bonds. The van der Waals surface area contributed by atoms with Crippen LogP contribution in [0.25, 0.3) is 0 Å². The number of aryl methyl sites for hydroxylation is 3. The molecule has 0 aliphatic carbocycles. The molecule has 5 nitrogen and oxygen atoms in total.